The molecule has 0 aromatic heterocycles. The van der Waals surface area contributed by atoms with Gasteiger partial charge >= 0.3 is 12.0 Å². The molecular weight excluding hydrogens is 343 g/mol. The lowest BCUT2D eigenvalue weighted by molar-refractivity contribution is -0.145. The van der Waals surface area contributed by atoms with Gasteiger partial charge in [-0.15, -0.1) is 0 Å². The van der Waals surface area contributed by atoms with Crippen LogP contribution in [0.5, 0.6) is 5.75 Å². The minimum absolute atomic E-state index is 0.0256. The van der Waals surface area contributed by atoms with Gasteiger partial charge in [-0.25, -0.2) is 9.18 Å². The summed E-state index contributed by atoms with van der Waals surface area (Å²) >= 11 is 0. The minimum Gasteiger partial charge on any atom is -0.494 e. The van der Waals surface area contributed by atoms with E-state index in [1.54, 1.807) is 6.07 Å². The van der Waals surface area contributed by atoms with E-state index < -0.39 is 23.4 Å². The first-order chi connectivity index (χ1) is 12.4. The summed E-state index contributed by atoms with van der Waals surface area (Å²) in [4.78, 5) is 37.5. The summed E-state index contributed by atoms with van der Waals surface area (Å²) in [5.41, 5.74) is -0.293. The highest BCUT2D eigenvalue weighted by Gasteiger charge is 2.52. The van der Waals surface area contributed by atoms with E-state index in [4.69, 9.17) is 9.47 Å². The molecule has 1 aromatic carbocycles. The Labute approximate surface area is 150 Å². The molecular formula is C18H21FN2O5. The maximum atomic E-state index is 13.6. The SMILES string of the molecule is COc1ccc(COC(=O)CCN2C(=O)NC3(CCCC3)C2=O)cc1F. The summed E-state index contributed by atoms with van der Waals surface area (Å²) in [6.45, 7) is -0.119. The predicted molar refractivity (Wildman–Crippen MR) is 88.8 cm³/mol. The summed E-state index contributed by atoms with van der Waals surface area (Å²) in [5.74, 6) is -1.25. The van der Waals surface area contributed by atoms with Gasteiger partial charge in [0.05, 0.1) is 13.5 Å². The quantitative estimate of drug-likeness (QED) is 0.617. The largest absolute Gasteiger partial charge is 0.494 e. The number of benzene rings is 1. The monoisotopic (exact) mass is 364 g/mol. The minimum atomic E-state index is -0.776. The fourth-order valence-corrected chi connectivity index (χ4v) is 3.44. The zero-order valence-electron chi connectivity index (χ0n) is 14.5. The van der Waals surface area contributed by atoms with Crippen molar-refractivity contribution in [3.8, 4) is 5.75 Å². The average molecular weight is 364 g/mol. The van der Waals surface area contributed by atoms with E-state index in [1.807, 2.05) is 0 Å². The molecule has 7 nitrogen and oxygen atoms in total. The zero-order chi connectivity index (χ0) is 18.7. The van der Waals surface area contributed by atoms with Crippen LogP contribution < -0.4 is 10.1 Å². The Kier molecular flexibility index (Phi) is 5.11. The fourth-order valence-electron chi connectivity index (χ4n) is 3.44. The molecule has 1 aliphatic heterocycles. The maximum absolute atomic E-state index is 13.6. The number of ether oxygens (including phenoxy) is 2. The summed E-state index contributed by atoms with van der Waals surface area (Å²) in [7, 11) is 1.36. The van der Waals surface area contributed by atoms with Gasteiger partial charge in [0.2, 0.25) is 0 Å². The van der Waals surface area contributed by atoms with Crippen molar-refractivity contribution in [2.24, 2.45) is 0 Å². The highest BCUT2D eigenvalue weighted by atomic mass is 19.1. The molecule has 0 radical (unpaired) electrons. The first-order valence-electron chi connectivity index (χ1n) is 8.57. The lowest BCUT2D eigenvalue weighted by Crippen LogP contribution is -2.44. The molecule has 140 valence electrons. The summed E-state index contributed by atoms with van der Waals surface area (Å²) in [6.07, 6.45) is 2.98. The molecule has 3 amide bonds. The molecule has 1 saturated carbocycles. The third-order valence-electron chi connectivity index (χ3n) is 4.86. The first kappa shape index (κ1) is 18.2. The molecule has 8 heteroatoms. The molecule has 2 aliphatic rings. The highest BCUT2D eigenvalue weighted by molar-refractivity contribution is 6.07. The molecule has 1 aliphatic carbocycles. The van der Waals surface area contributed by atoms with Crippen molar-refractivity contribution in [2.75, 3.05) is 13.7 Å². The molecule has 1 spiro atoms. The van der Waals surface area contributed by atoms with Gasteiger partial charge in [0.15, 0.2) is 11.6 Å². The number of imide groups is 1. The number of hydrogen-bond acceptors (Lipinski definition) is 5. The smallest absolute Gasteiger partial charge is 0.325 e. The second-order valence-corrected chi connectivity index (χ2v) is 6.56. The molecule has 1 heterocycles. The van der Waals surface area contributed by atoms with E-state index in [1.165, 1.54) is 19.2 Å². The molecule has 1 aromatic rings. The number of halogens is 1. The number of urea groups is 1. The standard InChI is InChI=1S/C18H21FN2O5/c1-25-14-5-4-12(10-13(14)19)11-26-15(22)6-9-21-16(23)18(20-17(21)24)7-2-3-8-18/h4-5,10H,2-3,6-9,11H2,1H3,(H,20,24). The Morgan fingerprint density at radius 3 is 2.69 bits per heavy atom. The Bertz CT molecular complexity index is 730. The molecule has 3 rings (SSSR count). The molecule has 26 heavy (non-hydrogen) atoms. The molecule has 1 saturated heterocycles. The second kappa shape index (κ2) is 7.31. The van der Waals surface area contributed by atoms with Gasteiger partial charge in [-0.1, -0.05) is 18.9 Å². The molecule has 0 atom stereocenters. The molecule has 0 unspecified atom stereocenters. The van der Waals surface area contributed by atoms with E-state index in [0.29, 0.717) is 18.4 Å². The van der Waals surface area contributed by atoms with Crippen molar-refractivity contribution in [3.63, 3.8) is 0 Å². The van der Waals surface area contributed by atoms with Crippen LogP contribution in [0.4, 0.5) is 9.18 Å². The van der Waals surface area contributed by atoms with E-state index in [2.05, 4.69) is 5.32 Å². The number of esters is 1. The van der Waals surface area contributed by atoms with E-state index in [9.17, 15) is 18.8 Å². The summed E-state index contributed by atoms with van der Waals surface area (Å²) in [6, 6.07) is 3.82. The van der Waals surface area contributed by atoms with Crippen LogP contribution in [0.25, 0.3) is 0 Å². The van der Waals surface area contributed by atoms with Crippen LogP contribution in [-0.4, -0.2) is 42.0 Å². The molecule has 0 bridgehead atoms. The van der Waals surface area contributed by atoms with Crippen LogP contribution in [0, 0.1) is 5.82 Å². The Morgan fingerprint density at radius 1 is 1.31 bits per heavy atom. The third kappa shape index (κ3) is 3.49. The number of amides is 3. The van der Waals surface area contributed by atoms with Gasteiger partial charge in [0, 0.05) is 6.54 Å². The predicted octanol–water partition coefficient (Wildman–Crippen LogP) is 2.13. The van der Waals surface area contributed by atoms with Crippen LogP contribution in [0.3, 0.4) is 0 Å². The number of nitrogens with one attached hydrogen (secondary N) is 1. The lowest BCUT2D eigenvalue weighted by atomic mass is 9.98. The van der Waals surface area contributed by atoms with Crippen molar-refractivity contribution in [1.82, 2.24) is 10.2 Å². The number of carbonyl (C=O) groups excluding carboxylic acids is 3. The van der Waals surface area contributed by atoms with Crippen LogP contribution in [0.15, 0.2) is 18.2 Å². The number of nitrogens with zero attached hydrogens (tertiary/aromatic N) is 1. The van der Waals surface area contributed by atoms with Crippen molar-refractivity contribution in [2.45, 2.75) is 44.2 Å². The maximum Gasteiger partial charge on any atom is 0.325 e. The normalized spacial score (nSPS) is 18.3. The zero-order valence-corrected chi connectivity index (χ0v) is 14.5. The van der Waals surface area contributed by atoms with Crippen LogP contribution in [-0.2, 0) is 20.9 Å². The Morgan fingerprint density at radius 2 is 2.04 bits per heavy atom. The number of hydrogen-bond donors (Lipinski definition) is 1. The number of methoxy groups -OCH3 is 1. The number of rotatable bonds is 6. The lowest BCUT2D eigenvalue weighted by Gasteiger charge is -2.19. The van der Waals surface area contributed by atoms with Gasteiger partial charge in [-0.3, -0.25) is 14.5 Å². The summed E-state index contributed by atoms with van der Waals surface area (Å²) in [5, 5.41) is 2.76. The fraction of sp³-hybridized carbons (Fsp3) is 0.500. The summed E-state index contributed by atoms with van der Waals surface area (Å²) < 4.78 is 23.5. The van der Waals surface area contributed by atoms with E-state index >= 15 is 0 Å². The Hall–Kier alpha value is -2.64. The topological polar surface area (TPSA) is 84.9 Å². The third-order valence-corrected chi connectivity index (χ3v) is 4.86. The van der Waals surface area contributed by atoms with E-state index in [-0.39, 0.29) is 31.2 Å². The Balaban J connectivity index is 1.49. The molecule has 2 fully saturated rings. The van der Waals surface area contributed by atoms with Gasteiger partial charge in [0.25, 0.3) is 5.91 Å². The van der Waals surface area contributed by atoms with Crippen molar-refractivity contribution in [1.29, 1.82) is 0 Å². The second-order valence-electron chi connectivity index (χ2n) is 6.56. The van der Waals surface area contributed by atoms with Gasteiger partial charge in [-0.05, 0) is 30.5 Å². The van der Waals surface area contributed by atoms with Crippen molar-refractivity contribution in [3.05, 3.63) is 29.6 Å². The van der Waals surface area contributed by atoms with Crippen LogP contribution in [0.1, 0.15) is 37.7 Å². The highest BCUT2D eigenvalue weighted by Crippen LogP contribution is 2.35. The van der Waals surface area contributed by atoms with Crippen LogP contribution in [0.2, 0.25) is 0 Å². The first-order valence-corrected chi connectivity index (χ1v) is 8.57. The number of carbonyl (C=O) groups is 3. The van der Waals surface area contributed by atoms with Gasteiger partial charge in [0.1, 0.15) is 12.1 Å². The van der Waals surface area contributed by atoms with E-state index in [0.717, 1.165) is 17.7 Å². The van der Waals surface area contributed by atoms with Gasteiger partial charge in [-0.2, -0.15) is 0 Å². The molecule has 1 N–H and O–H groups in total. The van der Waals surface area contributed by atoms with Crippen molar-refractivity contribution >= 4 is 17.9 Å². The van der Waals surface area contributed by atoms with Crippen LogP contribution >= 0.6 is 0 Å². The van der Waals surface area contributed by atoms with Crippen molar-refractivity contribution < 1.29 is 28.2 Å². The van der Waals surface area contributed by atoms with Gasteiger partial charge < -0.3 is 14.8 Å². The average Bonchev–Trinajstić information content (AvgIpc) is 3.17.